The van der Waals surface area contributed by atoms with E-state index in [0.717, 1.165) is 16.8 Å². The summed E-state index contributed by atoms with van der Waals surface area (Å²) in [4.78, 5) is 24.3. The van der Waals surface area contributed by atoms with Gasteiger partial charge < -0.3 is 14.2 Å². The zero-order valence-corrected chi connectivity index (χ0v) is 14.7. The fourth-order valence-electron chi connectivity index (χ4n) is 3.06. The van der Waals surface area contributed by atoms with Gasteiger partial charge in [-0.1, -0.05) is 35.5 Å². The molecule has 3 aromatic rings. The van der Waals surface area contributed by atoms with Crippen LogP contribution >= 0.6 is 0 Å². The highest BCUT2D eigenvalue weighted by molar-refractivity contribution is 6.01. The minimum Gasteiger partial charge on any atom is -0.459 e. The quantitative estimate of drug-likeness (QED) is 0.674. The number of benzene rings is 1. The van der Waals surface area contributed by atoms with Gasteiger partial charge in [-0.15, -0.1) is 0 Å². The maximum atomic E-state index is 12.9. The third-order valence-corrected chi connectivity index (χ3v) is 4.39. The predicted octanol–water partition coefficient (Wildman–Crippen LogP) is 3.51. The van der Waals surface area contributed by atoms with Crippen molar-refractivity contribution in [2.24, 2.45) is 5.16 Å². The Balaban J connectivity index is 1.47. The predicted molar refractivity (Wildman–Crippen MR) is 100 cm³/mol. The number of rotatable bonds is 6. The molecule has 3 heterocycles. The summed E-state index contributed by atoms with van der Waals surface area (Å²) in [6.07, 6.45) is 5.41. The van der Waals surface area contributed by atoms with Crippen LogP contribution in [0.25, 0.3) is 0 Å². The standard InChI is InChI=1S/C21H19N3O3/c25-21(20-9-5-11-26-20)24(14-16-6-2-1-3-7-16)15-18-12-19(23-27-18)17-8-4-10-22-13-17/h1-11,13,18H,12,14-15H2. The van der Waals surface area contributed by atoms with E-state index in [1.807, 2.05) is 42.5 Å². The van der Waals surface area contributed by atoms with Crippen molar-refractivity contribution in [1.82, 2.24) is 9.88 Å². The van der Waals surface area contributed by atoms with Crippen molar-refractivity contribution in [1.29, 1.82) is 0 Å². The second kappa shape index (κ2) is 7.86. The summed E-state index contributed by atoms with van der Waals surface area (Å²) in [5.74, 6) is 0.152. The Morgan fingerprint density at radius 3 is 2.74 bits per heavy atom. The molecule has 1 aliphatic heterocycles. The van der Waals surface area contributed by atoms with Crippen LogP contribution in [0.4, 0.5) is 0 Å². The minimum absolute atomic E-state index is 0.165. The number of carbonyl (C=O) groups is 1. The van der Waals surface area contributed by atoms with Crippen molar-refractivity contribution >= 4 is 11.6 Å². The van der Waals surface area contributed by atoms with Gasteiger partial charge in [-0.25, -0.2) is 0 Å². The van der Waals surface area contributed by atoms with Crippen LogP contribution in [0.3, 0.4) is 0 Å². The molecule has 1 atom stereocenters. The van der Waals surface area contributed by atoms with Crippen LogP contribution in [-0.2, 0) is 11.4 Å². The zero-order chi connectivity index (χ0) is 18.5. The number of pyridine rings is 1. The summed E-state index contributed by atoms with van der Waals surface area (Å²) >= 11 is 0. The van der Waals surface area contributed by atoms with Crippen LogP contribution in [0, 0.1) is 0 Å². The fourth-order valence-corrected chi connectivity index (χ4v) is 3.06. The molecule has 1 amide bonds. The van der Waals surface area contributed by atoms with Crippen molar-refractivity contribution < 1.29 is 14.0 Å². The molecule has 27 heavy (non-hydrogen) atoms. The molecule has 1 aromatic carbocycles. The van der Waals surface area contributed by atoms with E-state index in [1.54, 1.807) is 29.4 Å². The summed E-state index contributed by atoms with van der Waals surface area (Å²) in [6.45, 7) is 0.893. The van der Waals surface area contributed by atoms with Crippen LogP contribution in [0.1, 0.15) is 28.1 Å². The number of nitrogens with zero attached hydrogens (tertiary/aromatic N) is 3. The van der Waals surface area contributed by atoms with Crippen molar-refractivity contribution in [3.8, 4) is 0 Å². The smallest absolute Gasteiger partial charge is 0.289 e. The molecule has 1 aliphatic rings. The van der Waals surface area contributed by atoms with E-state index in [9.17, 15) is 4.79 Å². The second-order valence-corrected chi connectivity index (χ2v) is 6.36. The molecule has 4 rings (SSSR count). The molecule has 2 aromatic heterocycles. The molecule has 136 valence electrons. The maximum Gasteiger partial charge on any atom is 0.289 e. The summed E-state index contributed by atoms with van der Waals surface area (Å²) in [5, 5.41) is 4.18. The van der Waals surface area contributed by atoms with Gasteiger partial charge in [0.15, 0.2) is 11.9 Å². The van der Waals surface area contributed by atoms with Crippen LogP contribution in [0.15, 0.2) is 82.8 Å². The summed E-state index contributed by atoms with van der Waals surface area (Å²) in [6, 6.07) is 17.1. The monoisotopic (exact) mass is 361 g/mol. The molecule has 0 saturated heterocycles. The first-order valence-corrected chi connectivity index (χ1v) is 8.79. The number of oxime groups is 1. The highest BCUT2D eigenvalue weighted by Crippen LogP contribution is 2.19. The lowest BCUT2D eigenvalue weighted by Gasteiger charge is -2.24. The third-order valence-electron chi connectivity index (χ3n) is 4.39. The molecule has 0 radical (unpaired) electrons. The van der Waals surface area contributed by atoms with Gasteiger partial charge in [0.2, 0.25) is 0 Å². The number of hydrogen-bond acceptors (Lipinski definition) is 5. The number of hydrogen-bond donors (Lipinski definition) is 0. The van der Waals surface area contributed by atoms with Crippen LogP contribution in [-0.4, -0.2) is 34.2 Å². The lowest BCUT2D eigenvalue weighted by atomic mass is 10.1. The van der Waals surface area contributed by atoms with Crippen molar-refractivity contribution in [3.05, 3.63) is 90.1 Å². The Kier molecular flexibility index (Phi) is 4.96. The van der Waals surface area contributed by atoms with Gasteiger partial charge in [0.05, 0.1) is 18.5 Å². The first-order valence-electron chi connectivity index (χ1n) is 8.79. The molecular formula is C21H19N3O3. The Morgan fingerprint density at radius 2 is 2.00 bits per heavy atom. The molecule has 0 aliphatic carbocycles. The average molecular weight is 361 g/mol. The van der Waals surface area contributed by atoms with Gasteiger partial charge in [0.1, 0.15) is 0 Å². The number of aromatic nitrogens is 1. The Labute approximate surface area is 157 Å². The second-order valence-electron chi connectivity index (χ2n) is 6.36. The summed E-state index contributed by atoms with van der Waals surface area (Å²) in [5.41, 5.74) is 2.83. The molecule has 0 fully saturated rings. The van der Waals surface area contributed by atoms with Crippen molar-refractivity contribution in [3.63, 3.8) is 0 Å². The summed E-state index contributed by atoms with van der Waals surface area (Å²) in [7, 11) is 0. The minimum atomic E-state index is -0.206. The maximum absolute atomic E-state index is 12.9. The molecule has 6 nitrogen and oxygen atoms in total. The van der Waals surface area contributed by atoms with Gasteiger partial charge in [0.25, 0.3) is 5.91 Å². The van der Waals surface area contributed by atoms with Crippen LogP contribution in [0.5, 0.6) is 0 Å². The van der Waals surface area contributed by atoms with E-state index >= 15 is 0 Å². The van der Waals surface area contributed by atoms with Gasteiger partial charge in [-0.2, -0.15) is 0 Å². The molecule has 0 N–H and O–H groups in total. The van der Waals surface area contributed by atoms with E-state index in [2.05, 4.69) is 10.1 Å². The molecule has 0 bridgehead atoms. The molecule has 0 saturated carbocycles. The SMILES string of the molecule is O=C(c1ccco1)N(Cc1ccccc1)CC1CC(c2cccnc2)=NO1. The molecule has 6 heteroatoms. The van der Waals surface area contributed by atoms with E-state index in [0.29, 0.717) is 25.3 Å². The van der Waals surface area contributed by atoms with Gasteiger partial charge >= 0.3 is 0 Å². The lowest BCUT2D eigenvalue weighted by Crippen LogP contribution is -2.37. The van der Waals surface area contributed by atoms with Gasteiger partial charge in [0, 0.05) is 30.9 Å². The van der Waals surface area contributed by atoms with Crippen LogP contribution < -0.4 is 0 Å². The Hall–Kier alpha value is -3.41. The number of amides is 1. The third kappa shape index (κ3) is 4.06. The van der Waals surface area contributed by atoms with E-state index in [-0.39, 0.29) is 12.0 Å². The normalized spacial score (nSPS) is 15.9. The molecular weight excluding hydrogens is 342 g/mol. The number of furan rings is 1. The van der Waals surface area contributed by atoms with Crippen molar-refractivity contribution in [2.75, 3.05) is 6.54 Å². The first kappa shape index (κ1) is 17.0. The van der Waals surface area contributed by atoms with E-state index in [4.69, 9.17) is 9.25 Å². The van der Waals surface area contributed by atoms with E-state index < -0.39 is 0 Å². The average Bonchev–Trinajstić information content (AvgIpc) is 3.41. The highest BCUT2D eigenvalue weighted by Gasteiger charge is 2.28. The topological polar surface area (TPSA) is 67.9 Å². The van der Waals surface area contributed by atoms with Gasteiger partial charge in [-0.3, -0.25) is 9.78 Å². The Morgan fingerprint density at radius 1 is 1.11 bits per heavy atom. The number of carbonyl (C=O) groups excluding carboxylic acids is 1. The van der Waals surface area contributed by atoms with Crippen LogP contribution in [0.2, 0.25) is 0 Å². The van der Waals surface area contributed by atoms with Gasteiger partial charge in [-0.05, 0) is 29.8 Å². The highest BCUT2D eigenvalue weighted by atomic mass is 16.6. The molecule has 0 spiro atoms. The van der Waals surface area contributed by atoms with E-state index in [1.165, 1.54) is 6.26 Å². The zero-order valence-electron chi connectivity index (χ0n) is 14.7. The lowest BCUT2D eigenvalue weighted by molar-refractivity contribution is 0.0387. The Bertz CT molecular complexity index is 908. The largest absolute Gasteiger partial charge is 0.459 e. The first-order chi connectivity index (χ1) is 13.3. The fraction of sp³-hybridized carbons (Fsp3) is 0.190. The summed E-state index contributed by atoms with van der Waals surface area (Å²) < 4.78 is 5.30. The van der Waals surface area contributed by atoms with Crippen molar-refractivity contribution in [2.45, 2.75) is 19.1 Å². The molecule has 1 unspecified atom stereocenters.